The van der Waals surface area contributed by atoms with Crippen molar-refractivity contribution >= 4 is 11.7 Å². The minimum atomic E-state index is 0.104. The van der Waals surface area contributed by atoms with Crippen LogP contribution in [0.2, 0.25) is 0 Å². The average Bonchev–Trinajstić information content (AvgIpc) is 2.37. The Balaban J connectivity index is 2.62. The average molecular weight is 269 g/mol. The number of hydrogen-bond donors (Lipinski definition) is 2. The molecule has 1 saturated carbocycles. The third-order valence-electron chi connectivity index (χ3n) is 3.74. The summed E-state index contributed by atoms with van der Waals surface area (Å²) in [4.78, 5) is 14.3. The number of hydrogen-bond acceptors (Lipinski definition) is 3. The Morgan fingerprint density at radius 1 is 1.26 bits per heavy atom. The number of nitrogens with two attached hydrogens (primary N) is 1. The van der Waals surface area contributed by atoms with Gasteiger partial charge in [0.2, 0.25) is 5.91 Å². The van der Waals surface area contributed by atoms with Crippen molar-refractivity contribution in [3.8, 4) is 0 Å². The van der Waals surface area contributed by atoms with Gasteiger partial charge in [0, 0.05) is 12.5 Å². The molecule has 0 spiro atoms. The molecule has 0 bridgehead atoms. The maximum absolute atomic E-state index is 12.5. The van der Waals surface area contributed by atoms with Crippen LogP contribution in [0.4, 0.5) is 0 Å². The summed E-state index contributed by atoms with van der Waals surface area (Å²) in [5, 5.41) is 11.6. The van der Waals surface area contributed by atoms with Crippen molar-refractivity contribution in [1.82, 2.24) is 4.90 Å². The highest BCUT2D eigenvalue weighted by atomic mass is 16.4. The second kappa shape index (κ2) is 8.77. The molecule has 0 saturated heterocycles. The molecule has 0 radical (unpaired) electrons. The smallest absolute Gasteiger partial charge is 0.226 e. The van der Waals surface area contributed by atoms with E-state index in [1.165, 1.54) is 19.3 Å². The first-order valence-electron chi connectivity index (χ1n) is 7.44. The third kappa shape index (κ3) is 5.49. The fourth-order valence-corrected chi connectivity index (χ4v) is 2.73. The van der Waals surface area contributed by atoms with Crippen LogP contribution in [0.3, 0.4) is 0 Å². The summed E-state index contributed by atoms with van der Waals surface area (Å²) in [7, 11) is 0. The van der Waals surface area contributed by atoms with Crippen LogP contribution in [0.15, 0.2) is 5.16 Å². The van der Waals surface area contributed by atoms with Gasteiger partial charge in [0.15, 0.2) is 5.84 Å². The minimum absolute atomic E-state index is 0.104. The highest BCUT2D eigenvalue weighted by molar-refractivity contribution is 5.87. The molecule has 1 rings (SSSR count). The lowest BCUT2D eigenvalue weighted by Gasteiger charge is -2.27. The number of rotatable bonds is 5. The first-order chi connectivity index (χ1) is 9.19. The van der Waals surface area contributed by atoms with Crippen LogP contribution in [-0.4, -0.2) is 34.9 Å². The van der Waals surface area contributed by atoms with Crippen LogP contribution >= 0.6 is 0 Å². The Kier molecular flexibility index (Phi) is 7.30. The first-order valence-corrected chi connectivity index (χ1v) is 7.44. The molecule has 1 aliphatic rings. The zero-order chi connectivity index (χ0) is 14.1. The largest absolute Gasteiger partial charge is 0.409 e. The van der Waals surface area contributed by atoms with Crippen molar-refractivity contribution in [2.45, 2.75) is 58.3 Å². The Labute approximate surface area is 115 Å². The summed E-state index contributed by atoms with van der Waals surface area (Å²) in [6.07, 6.45) is 8.89. The van der Waals surface area contributed by atoms with E-state index in [1.54, 1.807) is 4.90 Å². The van der Waals surface area contributed by atoms with E-state index >= 15 is 0 Å². The zero-order valence-electron chi connectivity index (χ0n) is 12.0. The molecule has 5 heteroatoms. The summed E-state index contributed by atoms with van der Waals surface area (Å²) in [6.45, 7) is 2.94. The van der Waals surface area contributed by atoms with Crippen LogP contribution in [0.5, 0.6) is 0 Å². The van der Waals surface area contributed by atoms with Crippen LogP contribution in [0.1, 0.15) is 58.3 Å². The minimum Gasteiger partial charge on any atom is -0.409 e. The molecule has 1 amide bonds. The van der Waals surface area contributed by atoms with Gasteiger partial charge in [0.25, 0.3) is 0 Å². The molecular weight excluding hydrogens is 242 g/mol. The van der Waals surface area contributed by atoms with Crippen molar-refractivity contribution in [3.05, 3.63) is 0 Å². The van der Waals surface area contributed by atoms with Crippen LogP contribution in [-0.2, 0) is 4.79 Å². The highest BCUT2D eigenvalue weighted by Crippen LogP contribution is 2.24. The quantitative estimate of drug-likeness (QED) is 0.348. The normalized spacial score (nSPS) is 18.7. The Bertz CT molecular complexity index is 297. The lowest BCUT2D eigenvalue weighted by molar-refractivity contribution is -0.135. The van der Waals surface area contributed by atoms with Gasteiger partial charge in [-0.1, -0.05) is 44.2 Å². The van der Waals surface area contributed by atoms with Gasteiger partial charge in [-0.3, -0.25) is 4.79 Å². The zero-order valence-corrected chi connectivity index (χ0v) is 12.0. The summed E-state index contributed by atoms with van der Waals surface area (Å²) < 4.78 is 0. The molecule has 110 valence electrons. The van der Waals surface area contributed by atoms with Crippen molar-refractivity contribution < 1.29 is 10.0 Å². The predicted molar refractivity (Wildman–Crippen MR) is 76.1 cm³/mol. The Morgan fingerprint density at radius 3 is 2.37 bits per heavy atom. The van der Waals surface area contributed by atoms with Crippen LogP contribution < -0.4 is 5.73 Å². The lowest BCUT2D eigenvalue weighted by Crippen LogP contribution is -2.42. The van der Waals surface area contributed by atoms with Crippen molar-refractivity contribution in [3.63, 3.8) is 0 Å². The maximum atomic E-state index is 12.5. The molecule has 0 aromatic carbocycles. The number of nitrogens with zero attached hydrogens (tertiary/aromatic N) is 2. The first kappa shape index (κ1) is 15.8. The van der Waals surface area contributed by atoms with E-state index in [9.17, 15) is 4.79 Å². The molecule has 19 heavy (non-hydrogen) atoms. The van der Waals surface area contributed by atoms with E-state index in [0.29, 0.717) is 6.54 Å². The topological polar surface area (TPSA) is 78.9 Å². The molecule has 5 nitrogen and oxygen atoms in total. The van der Waals surface area contributed by atoms with Crippen molar-refractivity contribution in [2.24, 2.45) is 16.8 Å². The molecule has 0 atom stereocenters. The molecule has 0 aromatic rings. The Morgan fingerprint density at radius 2 is 1.84 bits per heavy atom. The number of amides is 1. The standard InChI is InChI=1S/C14H27N3O2/c1-2-10-17(11-13(15)16-19)14(18)12-8-6-4-3-5-7-9-12/h12,19H,2-11H2,1H3,(H2,15,16). The third-order valence-corrected chi connectivity index (χ3v) is 3.74. The van der Waals surface area contributed by atoms with Gasteiger partial charge < -0.3 is 15.8 Å². The lowest BCUT2D eigenvalue weighted by atomic mass is 9.90. The second-order valence-corrected chi connectivity index (χ2v) is 5.39. The fraction of sp³-hybridized carbons (Fsp3) is 0.857. The second-order valence-electron chi connectivity index (χ2n) is 5.39. The van der Waals surface area contributed by atoms with Gasteiger partial charge in [-0.05, 0) is 19.3 Å². The van der Waals surface area contributed by atoms with Gasteiger partial charge in [0.1, 0.15) is 0 Å². The van der Waals surface area contributed by atoms with Crippen LogP contribution in [0.25, 0.3) is 0 Å². The fourth-order valence-electron chi connectivity index (χ4n) is 2.73. The van der Waals surface area contributed by atoms with E-state index in [0.717, 1.165) is 32.1 Å². The molecule has 3 N–H and O–H groups in total. The van der Waals surface area contributed by atoms with E-state index in [2.05, 4.69) is 5.16 Å². The van der Waals surface area contributed by atoms with E-state index in [-0.39, 0.29) is 24.2 Å². The summed E-state index contributed by atoms with van der Waals surface area (Å²) >= 11 is 0. The molecule has 0 aliphatic heterocycles. The summed E-state index contributed by atoms with van der Waals surface area (Å²) in [6, 6.07) is 0. The van der Waals surface area contributed by atoms with E-state index in [1.807, 2.05) is 6.92 Å². The number of oxime groups is 1. The van der Waals surface area contributed by atoms with Gasteiger partial charge in [-0.25, -0.2) is 0 Å². The van der Waals surface area contributed by atoms with Gasteiger partial charge in [-0.2, -0.15) is 0 Å². The van der Waals surface area contributed by atoms with E-state index < -0.39 is 0 Å². The molecule has 0 unspecified atom stereocenters. The molecule has 0 heterocycles. The van der Waals surface area contributed by atoms with Crippen molar-refractivity contribution in [2.75, 3.05) is 13.1 Å². The van der Waals surface area contributed by atoms with Gasteiger partial charge >= 0.3 is 0 Å². The molecule has 1 fully saturated rings. The van der Waals surface area contributed by atoms with Gasteiger partial charge in [0.05, 0.1) is 6.54 Å². The predicted octanol–water partition coefficient (Wildman–Crippen LogP) is 2.33. The number of amidine groups is 1. The Hall–Kier alpha value is -1.26. The summed E-state index contributed by atoms with van der Waals surface area (Å²) in [5.41, 5.74) is 5.53. The SMILES string of the molecule is CCCN(CC(N)=NO)C(=O)C1CCCCCCC1. The molecule has 0 aromatic heterocycles. The highest BCUT2D eigenvalue weighted by Gasteiger charge is 2.24. The maximum Gasteiger partial charge on any atom is 0.226 e. The van der Waals surface area contributed by atoms with Gasteiger partial charge in [-0.15, -0.1) is 0 Å². The van der Waals surface area contributed by atoms with Crippen LogP contribution in [0, 0.1) is 5.92 Å². The summed E-state index contributed by atoms with van der Waals surface area (Å²) in [5.74, 6) is 0.404. The number of carbonyl (C=O) groups excluding carboxylic acids is 1. The molecule has 1 aliphatic carbocycles. The number of carbonyl (C=O) groups is 1. The monoisotopic (exact) mass is 269 g/mol. The molecular formula is C14H27N3O2. The van der Waals surface area contributed by atoms with E-state index in [4.69, 9.17) is 10.9 Å². The van der Waals surface area contributed by atoms with Crippen molar-refractivity contribution in [1.29, 1.82) is 0 Å².